The minimum Gasteiger partial charge on any atom is -0.494 e. The molecule has 1 atom stereocenters. The van der Waals surface area contributed by atoms with Crippen LogP contribution >= 0.6 is 12.2 Å². The van der Waals surface area contributed by atoms with Crippen LogP contribution in [0.3, 0.4) is 0 Å². The third-order valence-electron chi connectivity index (χ3n) is 4.24. The van der Waals surface area contributed by atoms with E-state index in [-0.39, 0.29) is 12.6 Å². The molecule has 1 aliphatic rings. The zero-order valence-electron chi connectivity index (χ0n) is 16.2. The van der Waals surface area contributed by atoms with E-state index < -0.39 is 5.97 Å². The molecule has 0 amide bonds. The Balaban J connectivity index is 2.11. The van der Waals surface area contributed by atoms with Crippen LogP contribution in [0.2, 0.25) is 0 Å². The predicted octanol–water partition coefficient (Wildman–Crippen LogP) is 3.24. The summed E-state index contributed by atoms with van der Waals surface area (Å²) < 4.78 is 16.0. The Hall–Kier alpha value is -2.12. The molecule has 1 aromatic rings. The lowest BCUT2D eigenvalue weighted by molar-refractivity contribution is -0.140. The van der Waals surface area contributed by atoms with Crippen molar-refractivity contribution in [3.8, 4) is 5.75 Å². The van der Waals surface area contributed by atoms with E-state index in [2.05, 4.69) is 17.6 Å². The average Bonchev–Trinajstić information content (AvgIpc) is 2.65. The lowest BCUT2D eigenvalue weighted by atomic mass is 9.95. The molecule has 0 saturated carbocycles. The van der Waals surface area contributed by atoms with E-state index in [1.165, 1.54) is 6.42 Å². The molecule has 2 N–H and O–H groups in total. The predicted molar refractivity (Wildman–Crippen MR) is 109 cm³/mol. The summed E-state index contributed by atoms with van der Waals surface area (Å²) in [5.41, 5.74) is 2.11. The molecule has 0 saturated heterocycles. The van der Waals surface area contributed by atoms with Crippen LogP contribution in [0.4, 0.5) is 0 Å². The largest absolute Gasteiger partial charge is 0.494 e. The smallest absolute Gasteiger partial charge is 0.338 e. The fourth-order valence-corrected chi connectivity index (χ4v) is 3.08. The second-order valence-electron chi connectivity index (χ2n) is 6.32. The first kappa shape index (κ1) is 21.2. The van der Waals surface area contributed by atoms with Crippen molar-refractivity contribution in [1.82, 2.24) is 10.6 Å². The van der Waals surface area contributed by atoms with Gasteiger partial charge in [-0.05, 0) is 43.3 Å². The summed E-state index contributed by atoms with van der Waals surface area (Å²) in [4.78, 5) is 12.6. The molecule has 6 nitrogen and oxygen atoms in total. The van der Waals surface area contributed by atoms with Crippen molar-refractivity contribution in [3.05, 3.63) is 41.1 Å². The van der Waals surface area contributed by atoms with E-state index in [4.69, 9.17) is 26.4 Å². The van der Waals surface area contributed by atoms with Crippen molar-refractivity contribution >= 4 is 23.3 Å². The Morgan fingerprint density at radius 2 is 1.89 bits per heavy atom. The van der Waals surface area contributed by atoms with Crippen LogP contribution in [0.5, 0.6) is 5.75 Å². The highest BCUT2D eigenvalue weighted by atomic mass is 32.1. The Kier molecular flexibility index (Phi) is 8.54. The van der Waals surface area contributed by atoms with Crippen molar-refractivity contribution < 1.29 is 19.0 Å². The van der Waals surface area contributed by atoms with Crippen LogP contribution in [0.15, 0.2) is 35.5 Å². The lowest BCUT2D eigenvalue weighted by Gasteiger charge is -2.30. The standard InChI is InChI=1S/C20H28N2O4S/c1-4-5-6-11-25-16-9-7-15(8-10-16)18-17(14(2)21-20(27)22-18)19(23)26-13-12-24-3/h7-10,18H,4-6,11-13H2,1-3H3,(H2,21,22,27). The summed E-state index contributed by atoms with van der Waals surface area (Å²) in [7, 11) is 1.56. The van der Waals surface area contributed by atoms with Crippen molar-refractivity contribution in [3.63, 3.8) is 0 Å². The molecule has 7 heteroatoms. The summed E-state index contributed by atoms with van der Waals surface area (Å²) in [5.74, 6) is 0.424. The van der Waals surface area contributed by atoms with Crippen molar-refractivity contribution in [1.29, 1.82) is 0 Å². The van der Waals surface area contributed by atoms with Gasteiger partial charge in [0.15, 0.2) is 5.11 Å². The maximum Gasteiger partial charge on any atom is 0.338 e. The number of benzene rings is 1. The molecule has 1 aromatic carbocycles. The summed E-state index contributed by atoms with van der Waals surface area (Å²) in [6, 6.07) is 7.34. The fraction of sp³-hybridized carbons (Fsp3) is 0.500. The van der Waals surface area contributed by atoms with E-state index >= 15 is 0 Å². The van der Waals surface area contributed by atoms with E-state index in [1.54, 1.807) is 7.11 Å². The quantitative estimate of drug-likeness (QED) is 0.360. The molecule has 1 aliphatic heterocycles. The van der Waals surface area contributed by atoms with Crippen LogP contribution < -0.4 is 15.4 Å². The summed E-state index contributed by atoms with van der Waals surface area (Å²) in [6.45, 7) is 5.25. The van der Waals surface area contributed by atoms with Crippen LogP contribution in [0.25, 0.3) is 0 Å². The molecule has 0 spiro atoms. The molecule has 0 aromatic heterocycles. The molecule has 27 heavy (non-hydrogen) atoms. The highest BCUT2D eigenvalue weighted by Crippen LogP contribution is 2.29. The third kappa shape index (κ3) is 6.22. The molecule has 1 heterocycles. The molecule has 1 unspecified atom stereocenters. The number of ether oxygens (including phenoxy) is 3. The van der Waals surface area contributed by atoms with Gasteiger partial charge < -0.3 is 24.8 Å². The van der Waals surface area contributed by atoms with E-state index in [1.807, 2.05) is 31.2 Å². The van der Waals surface area contributed by atoms with Gasteiger partial charge in [0.2, 0.25) is 0 Å². The van der Waals surface area contributed by atoms with Gasteiger partial charge in [0.05, 0.1) is 24.8 Å². The monoisotopic (exact) mass is 392 g/mol. The van der Waals surface area contributed by atoms with Gasteiger partial charge in [-0.1, -0.05) is 31.9 Å². The summed E-state index contributed by atoms with van der Waals surface area (Å²) >= 11 is 5.26. The highest BCUT2D eigenvalue weighted by Gasteiger charge is 2.30. The van der Waals surface area contributed by atoms with Crippen LogP contribution in [0.1, 0.15) is 44.7 Å². The number of unbranched alkanes of at least 4 members (excludes halogenated alkanes) is 2. The van der Waals surface area contributed by atoms with Crippen molar-refractivity contribution in [2.45, 2.75) is 39.2 Å². The van der Waals surface area contributed by atoms with Crippen molar-refractivity contribution in [2.24, 2.45) is 0 Å². The zero-order valence-corrected chi connectivity index (χ0v) is 17.0. The van der Waals surface area contributed by atoms with E-state index in [9.17, 15) is 4.79 Å². The molecular weight excluding hydrogens is 364 g/mol. The number of rotatable bonds is 10. The Morgan fingerprint density at radius 3 is 2.56 bits per heavy atom. The first-order valence-electron chi connectivity index (χ1n) is 9.24. The molecule has 2 rings (SSSR count). The van der Waals surface area contributed by atoms with Gasteiger partial charge in [-0.2, -0.15) is 0 Å². The van der Waals surface area contributed by atoms with Gasteiger partial charge in [0.1, 0.15) is 12.4 Å². The van der Waals surface area contributed by atoms with E-state index in [0.29, 0.717) is 29.6 Å². The first-order chi connectivity index (χ1) is 13.1. The number of hydrogen-bond donors (Lipinski definition) is 2. The van der Waals surface area contributed by atoms with Crippen LogP contribution in [-0.2, 0) is 14.3 Å². The SMILES string of the molecule is CCCCCOc1ccc(C2NC(=S)NC(C)=C2C(=O)OCCOC)cc1. The number of allylic oxidation sites excluding steroid dienone is 1. The maximum atomic E-state index is 12.6. The summed E-state index contributed by atoms with van der Waals surface area (Å²) in [5, 5.41) is 6.63. The number of carbonyl (C=O) groups is 1. The van der Waals surface area contributed by atoms with Gasteiger partial charge in [-0.3, -0.25) is 0 Å². The minimum atomic E-state index is -0.392. The zero-order chi connectivity index (χ0) is 19.6. The molecule has 0 bridgehead atoms. The van der Waals surface area contributed by atoms with Gasteiger partial charge in [-0.25, -0.2) is 4.79 Å². The first-order valence-corrected chi connectivity index (χ1v) is 9.64. The highest BCUT2D eigenvalue weighted by molar-refractivity contribution is 7.80. The Labute approximate surface area is 166 Å². The number of hydrogen-bond acceptors (Lipinski definition) is 5. The maximum absolute atomic E-state index is 12.6. The minimum absolute atomic E-state index is 0.202. The molecule has 148 valence electrons. The Morgan fingerprint density at radius 1 is 1.15 bits per heavy atom. The Bertz CT molecular complexity index is 673. The van der Waals surface area contributed by atoms with Gasteiger partial charge in [-0.15, -0.1) is 0 Å². The third-order valence-corrected chi connectivity index (χ3v) is 4.46. The van der Waals surface area contributed by atoms with Crippen LogP contribution in [0, 0.1) is 0 Å². The van der Waals surface area contributed by atoms with Crippen molar-refractivity contribution in [2.75, 3.05) is 26.9 Å². The topological polar surface area (TPSA) is 68.8 Å². The lowest BCUT2D eigenvalue weighted by Crippen LogP contribution is -2.45. The summed E-state index contributed by atoms with van der Waals surface area (Å²) in [6.07, 6.45) is 3.37. The number of thiocarbonyl (C=S) groups is 1. The fourth-order valence-electron chi connectivity index (χ4n) is 2.81. The second kappa shape index (κ2) is 10.9. The average molecular weight is 393 g/mol. The second-order valence-corrected chi connectivity index (χ2v) is 6.73. The molecule has 0 aliphatic carbocycles. The van der Waals surface area contributed by atoms with Gasteiger partial charge in [0.25, 0.3) is 0 Å². The molecular formula is C20H28N2O4S. The number of nitrogens with one attached hydrogen (secondary N) is 2. The number of carbonyl (C=O) groups excluding carboxylic acids is 1. The normalized spacial score (nSPS) is 16.6. The number of esters is 1. The van der Waals surface area contributed by atoms with E-state index in [0.717, 1.165) is 24.2 Å². The molecule has 0 radical (unpaired) electrons. The van der Waals surface area contributed by atoms with Gasteiger partial charge in [0, 0.05) is 12.8 Å². The van der Waals surface area contributed by atoms with Crippen LogP contribution in [-0.4, -0.2) is 38.0 Å². The molecule has 0 fully saturated rings. The van der Waals surface area contributed by atoms with Gasteiger partial charge >= 0.3 is 5.97 Å². The number of methoxy groups -OCH3 is 1.